The third-order valence-corrected chi connectivity index (χ3v) is 3.21. The minimum atomic E-state index is 0.415. The number of halogens is 1. The van der Waals surface area contributed by atoms with Crippen LogP contribution in [-0.4, -0.2) is 23.1 Å². The molecule has 1 aromatic heterocycles. The Morgan fingerprint density at radius 2 is 2.38 bits per heavy atom. The number of anilines is 1. The molecule has 1 N–H and O–H groups in total. The van der Waals surface area contributed by atoms with Crippen molar-refractivity contribution in [1.82, 2.24) is 9.97 Å². The third-order valence-electron chi connectivity index (χ3n) is 2.66. The van der Waals surface area contributed by atoms with Crippen LogP contribution in [0, 0.1) is 5.92 Å². The predicted molar refractivity (Wildman–Crippen MR) is 66.7 cm³/mol. The maximum absolute atomic E-state index is 5.12. The number of ether oxygens (including phenoxy) is 1. The maximum Gasteiger partial charge on any atom is 0.232 e. The quantitative estimate of drug-likeness (QED) is 0.904. The molecular formula is C11H16BrN3O. The molecule has 1 fully saturated rings. The lowest BCUT2D eigenvalue weighted by Crippen LogP contribution is -2.17. The van der Waals surface area contributed by atoms with Gasteiger partial charge in [0.15, 0.2) is 0 Å². The van der Waals surface area contributed by atoms with Crippen molar-refractivity contribution in [3.05, 3.63) is 10.7 Å². The van der Waals surface area contributed by atoms with E-state index in [-0.39, 0.29) is 0 Å². The number of rotatable bonds is 5. The summed E-state index contributed by atoms with van der Waals surface area (Å²) in [4.78, 5) is 8.47. The molecule has 1 saturated carbocycles. The second kappa shape index (κ2) is 4.99. The minimum Gasteiger partial charge on any atom is -0.480 e. The lowest BCUT2D eigenvalue weighted by molar-refractivity contribution is 0.394. The number of aromatic nitrogens is 2. The largest absolute Gasteiger partial charge is 0.480 e. The van der Waals surface area contributed by atoms with Gasteiger partial charge in [-0.15, -0.1) is 0 Å². The summed E-state index contributed by atoms with van der Waals surface area (Å²) < 4.78 is 5.90. The monoisotopic (exact) mass is 285 g/mol. The minimum absolute atomic E-state index is 0.415. The van der Waals surface area contributed by atoms with E-state index in [1.165, 1.54) is 19.3 Å². The van der Waals surface area contributed by atoms with Crippen LogP contribution < -0.4 is 10.1 Å². The fourth-order valence-corrected chi connectivity index (χ4v) is 2.05. The van der Waals surface area contributed by atoms with Gasteiger partial charge in [0.05, 0.1) is 17.8 Å². The Hall–Kier alpha value is -0.840. The van der Waals surface area contributed by atoms with Crippen LogP contribution >= 0.6 is 15.9 Å². The normalized spacial score (nSPS) is 16.9. The molecule has 1 aromatic rings. The van der Waals surface area contributed by atoms with Crippen molar-refractivity contribution in [3.63, 3.8) is 0 Å². The van der Waals surface area contributed by atoms with Gasteiger partial charge in [-0.1, -0.05) is 12.8 Å². The van der Waals surface area contributed by atoms with E-state index in [0.29, 0.717) is 17.9 Å². The van der Waals surface area contributed by atoms with Gasteiger partial charge in [-0.3, -0.25) is 0 Å². The van der Waals surface area contributed by atoms with Crippen molar-refractivity contribution < 1.29 is 4.74 Å². The number of methoxy groups -OCH3 is 1. The summed E-state index contributed by atoms with van der Waals surface area (Å²) >= 11 is 3.33. The number of hydrogen-bond donors (Lipinski definition) is 1. The molecule has 5 heteroatoms. The first-order valence-electron chi connectivity index (χ1n) is 5.52. The zero-order chi connectivity index (χ0) is 11.5. The lowest BCUT2D eigenvalue weighted by atomic mass is 10.2. The Bertz CT molecular complexity index is 368. The molecule has 0 aromatic carbocycles. The molecule has 88 valence electrons. The van der Waals surface area contributed by atoms with Crippen LogP contribution in [0.2, 0.25) is 0 Å². The molecular weight excluding hydrogens is 270 g/mol. The highest BCUT2D eigenvalue weighted by molar-refractivity contribution is 9.10. The van der Waals surface area contributed by atoms with Gasteiger partial charge in [0.25, 0.3) is 0 Å². The molecule has 0 radical (unpaired) electrons. The zero-order valence-electron chi connectivity index (χ0n) is 9.53. The summed E-state index contributed by atoms with van der Waals surface area (Å²) in [6, 6.07) is 0.415. The van der Waals surface area contributed by atoms with Crippen molar-refractivity contribution in [2.75, 3.05) is 12.4 Å². The van der Waals surface area contributed by atoms with E-state index in [1.807, 2.05) is 0 Å². The molecule has 1 aliphatic carbocycles. The summed E-state index contributed by atoms with van der Waals surface area (Å²) in [7, 11) is 1.60. The van der Waals surface area contributed by atoms with E-state index in [4.69, 9.17) is 4.74 Å². The highest BCUT2D eigenvalue weighted by Crippen LogP contribution is 2.34. The van der Waals surface area contributed by atoms with Gasteiger partial charge in [-0.25, -0.2) is 4.98 Å². The average Bonchev–Trinajstić information content (AvgIpc) is 3.04. The second-order valence-electron chi connectivity index (χ2n) is 4.28. The van der Waals surface area contributed by atoms with Gasteiger partial charge in [-0.05, 0) is 35.2 Å². The molecule has 0 saturated heterocycles. The van der Waals surface area contributed by atoms with Crippen LogP contribution in [0.3, 0.4) is 0 Å². The highest BCUT2D eigenvalue weighted by atomic mass is 79.9. The summed E-state index contributed by atoms with van der Waals surface area (Å²) in [5, 5.41) is 3.29. The smallest absolute Gasteiger partial charge is 0.232 e. The number of nitrogens with one attached hydrogen (secondary N) is 1. The van der Waals surface area contributed by atoms with Gasteiger partial charge in [0.2, 0.25) is 11.8 Å². The molecule has 0 spiro atoms. The first-order chi connectivity index (χ1) is 7.69. The van der Waals surface area contributed by atoms with Gasteiger partial charge >= 0.3 is 0 Å². The van der Waals surface area contributed by atoms with Crippen LogP contribution in [0.15, 0.2) is 10.7 Å². The molecule has 1 aliphatic rings. The molecule has 0 amide bonds. The molecule has 4 nitrogen and oxygen atoms in total. The summed E-state index contributed by atoms with van der Waals surface area (Å²) in [5.41, 5.74) is 0. The van der Waals surface area contributed by atoms with Gasteiger partial charge in [-0.2, -0.15) is 4.98 Å². The van der Waals surface area contributed by atoms with Crippen LogP contribution in [0.4, 0.5) is 5.95 Å². The summed E-state index contributed by atoms with van der Waals surface area (Å²) in [6.07, 6.45) is 5.65. The molecule has 1 heterocycles. The van der Waals surface area contributed by atoms with E-state index >= 15 is 0 Å². The first-order valence-corrected chi connectivity index (χ1v) is 6.31. The standard InChI is InChI=1S/C11H16BrN3O/c1-7(5-8-3-4-8)14-11-13-6-9(12)10(15-11)16-2/h6-8H,3-5H2,1-2H3,(H,13,14,15). The SMILES string of the molecule is COc1nc(NC(C)CC2CC2)ncc1Br. The molecule has 0 aliphatic heterocycles. The highest BCUT2D eigenvalue weighted by Gasteiger charge is 2.23. The Kier molecular flexibility index (Phi) is 3.63. The van der Waals surface area contributed by atoms with Crippen molar-refractivity contribution in [2.45, 2.75) is 32.2 Å². The molecule has 1 atom stereocenters. The number of nitrogens with zero attached hydrogens (tertiary/aromatic N) is 2. The third kappa shape index (κ3) is 3.07. The molecule has 2 rings (SSSR count). The zero-order valence-corrected chi connectivity index (χ0v) is 11.1. The Balaban J connectivity index is 1.97. The van der Waals surface area contributed by atoms with E-state index in [9.17, 15) is 0 Å². The fraction of sp³-hybridized carbons (Fsp3) is 0.636. The Morgan fingerprint density at radius 1 is 1.62 bits per heavy atom. The van der Waals surface area contributed by atoms with Crippen molar-refractivity contribution in [1.29, 1.82) is 0 Å². The van der Waals surface area contributed by atoms with Crippen molar-refractivity contribution >= 4 is 21.9 Å². The Labute approximate surface area is 104 Å². The van der Waals surface area contributed by atoms with Crippen LogP contribution in [0.5, 0.6) is 5.88 Å². The number of hydrogen-bond acceptors (Lipinski definition) is 4. The average molecular weight is 286 g/mol. The fourth-order valence-electron chi connectivity index (χ4n) is 1.70. The van der Waals surface area contributed by atoms with E-state index in [2.05, 4.69) is 38.1 Å². The van der Waals surface area contributed by atoms with E-state index in [0.717, 1.165) is 10.4 Å². The van der Waals surface area contributed by atoms with Crippen molar-refractivity contribution in [3.8, 4) is 5.88 Å². The summed E-state index contributed by atoms with van der Waals surface area (Å²) in [6.45, 7) is 2.16. The maximum atomic E-state index is 5.12. The molecule has 1 unspecified atom stereocenters. The molecule has 0 bridgehead atoms. The second-order valence-corrected chi connectivity index (χ2v) is 5.13. The summed E-state index contributed by atoms with van der Waals surface area (Å²) in [5.74, 6) is 2.10. The van der Waals surface area contributed by atoms with Crippen LogP contribution in [0.25, 0.3) is 0 Å². The van der Waals surface area contributed by atoms with Crippen LogP contribution in [-0.2, 0) is 0 Å². The van der Waals surface area contributed by atoms with Crippen molar-refractivity contribution in [2.24, 2.45) is 5.92 Å². The topological polar surface area (TPSA) is 47.0 Å². The van der Waals surface area contributed by atoms with E-state index in [1.54, 1.807) is 13.3 Å². The Morgan fingerprint density at radius 3 is 3.00 bits per heavy atom. The predicted octanol–water partition coefficient (Wildman–Crippen LogP) is 2.85. The van der Waals surface area contributed by atoms with Gasteiger partial charge < -0.3 is 10.1 Å². The lowest BCUT2D eigenvalue weighted by Gasteiger charge is -2.13. The van der Waals surface area contributed by atoms with Gasteiger partial charge in [0, 0.05) is 6.04 Å². The van der Waals surface area contributed by atoms with E-state index < -0.39 is 0 Å². The van der Waals surface area contributed by atoms with Gasteiger partial charge in [0.1, 0.15) is 0 Å². The first kappa shape index (κ1) is 11.6. The molecule has 16 heavy (non-hydrogen) atoms. The van der Waals surface area contributed by atoms with Crippen LogP contribution in [0.1, 0.15) is 26.2 Å².